The first-order valence-electron chi connectivity index (χ1n) is 8.81. The fraction of sp³-hybridized carbons (Fsp3) is 0.316. The lowest BCUT2D eigenvalue weighted by atomic mass is 10.3. The number of piperazine rings is 1. The van der Waals surface area contributed by atoms with Crippen LogP contribution in [0.2, 0.25) is 5.02 Å². The fourth-order valence-electron chi connectivity index (χ4n) is 2.79. The van der Waals surface area contributed by atoms with E-state index >= 15 is 0 Å². The molecule has 3 rings (SSSR count). The van der Waals surface area contributed by atoms with Crippen LogP contribution in [0.25, 0.3) is 0 Å². The zero-order chi connectivity index (χ0) is 20.1. The topological polar surface area (TPSA) is 79.0 Å². The Labute approximate surface area is 169 Å². The Balaban J connectivity index is 1.57. The molecule has 1 heterocycles. The highest BCUT2D eigenvalue weighted by atomic mass is 35.5. The van der Waals surface area contributed by atoms with Crippen LogP contribution >= 0.6 is 11.6 Å². The second kappa shape index (κ2) is 8.91. The van der Waals surface area contributed by atoms with E-state index < -0.39 is 10.0 Å². The van der Waals surface area contributed by atoms with Gasteiger partial charge in [0, 0.05) is 36.9 Å². The van der Waals surface area contributed by atoms with Gasteiger partial charge in [-0.05, 0) is 49.5 Å². The Kier molecular flexibility index (Phi) is 6.56. The maximum atomic E-state index is 12.7. The van der Waals surface area contributed by atoms with Crippen LogP contribution in [-0.2, 0) is 14.8 Å². The monoisotopic (exact) mass is 423 g/mol. The van der Waals surface area contributed by atoms with Crippen LogP contribution in [0.5, 0.6) is 5.75 Å². The average molecular weight is 424 g/mol. The Morgan fingerprint density at radius 3 is 2.43 bits per heavy atom. The predicted molar refractivity (Wildman–Crippen MR) is 108 cm³/mol. The van der Waals surface area contributed by atoms with Crippen LogP contribution in [0.1, 0.15) is 0 Å². The third kappa shape index (κ3) is 5.23. The van der Waals surface area contributed by atoms with E-state index in [2.05, 4.69) is 10.2 Å². The molecule has 0 aromatic heterocycles. The highest BCUT2D eigenvalue weighted by Gasteiger charge is 2.27. The molecule has 28 heavy (non-hydrogen) atoms. The van der Waals surface area contributed by atoms with Crippen LogP contribution < -0.4 is 10.1 Å². The van der Waals surface area contributed by atoms with Gasteiger partial charge < -0.3 is 15.0 Å². The van der Waals surface area contributed by atoms with Gasteiger partial charge >= 0.3 is 0 Å². The minimum Gasteiger partial charge on any atom is -0.484 e. The lowest BCUT2D eigenvalue weighted by Gasteiger charge is -2.31. The number of anilines is 1. The van der Waals surface area contributed by atoms with Gasteiger partial charge in [0.15, 0.2) is 6.61 Å². The lowest BCUT2D eigenvalue weighted by molar-refractivity contribution is -0.118. The van der Waals surface area contributed by atoms with Gasteiger partial charge in [-0.3, -0.25) is 4.79 Å². The normalized spacial score (nSPS) is 15.9. The molecule has 1 saturated heterocycles. The number of nitrogens with zero attached hydrogens (tertiary/aromatic N) is 2. The molecule has 1 aliphatic heterocycles. The quantitative estimate of drug-likeness (QED) is 0.771. The highest BCUT2D eigenvalue weighted by Crippen LogP contribution is 2.20. The van der Waals surface area contributed by atoms with Crippen molar-refractivity contribution < 1.29 is 17.9 Å². The van der Waals surface area contributed by atoms with Crippen molar-refractivity contribution in [1.82, 2.24) is 9.21 Å². The van der Waals surface area contributed by atoms with Gasteiger partial charge in [-0.25, -0.2) is 8.42 Å². The number of amides is 1. The minimum atomic E-state index is -3.52. The number of benzene rings is 2. The molecule has 2 aromatic carbocycles. The van der Waals surface area contributed by atoms with Crippen LogP contribution in [0.4, 0.5) is 5.69 Å². The number of halogens is 1. The summed E-state index contributed by atoms with van der Waals surface area (Å²) in [6.45, 7) is 2.18. The van der Waals surface area contributed by atoms with Gasteiger partial charge in [0.05, 0.1) is 4.90 Å². The first-order chi connectivity index (χ1) is 13.3. The maximum Gasteiger partial charge on any atom is 0.262 e. The van der Waals surface area contributed by atoms with Crippen molar-refractivity contribution in [3.8, 4) is 5.75 Å². The Hall–Kier alpha value is -2.13. The van der Waals surface area contributed by atoms with E-state index in [1.165, 1.54) is 16.4 Å². The molecule has 150 valence electrons. The second-order valence-electron chi connectivity index (χ2n) is 6.53. The summed E-state index contributed by atoms with van der Waals surface area (Å²) in [6.07, 6.45) is 0. The van der Waals surface area contributed by atoms with Crippen molar-refractivity contribution >= 4 is 33.2 Å². The molecule has 1 fully saturated rings. The molecule has 0 spiro atoms. The summed E-state index contributed by atoms with van der Waals surface area (Å²) in [4.78, 5) is 14.3. The summed E-state index contributed by atoms with van der Waals surface area (Å²) in [5.41, 5.74) is 0.497. The zero-order valence-electron chi connectivity index (χ0n) is 15.5. The first kappa shape index (κ1) is 20.6. The molecule has 0 saturated carbocycles. The summed E-state index contributed by atoms with van der Waals surface area (Å²) >= 11 is 5.87. The van der Waals surface area contributed by atoms with Crippen molar-refractivity contribution in [3.63, 3.8) is 0 Å². The van der Waals surface area contributed by atoms with Crippen molar-refractivity contribution in [3.05, 3.63) is 53.6 Å². The largest absolute Gasteiger partial charge is 0.484 e. The predicted octanol–water partition coefficient (Wildman–Crippen LogP) is 2.29. The van der Waals surface area contributed by atoms with E-state index in [0.717, 1.165) is 0 Å². The van der Waals surface area contributed by atoms with Crippen LogP contribution in [0.15, 0.2) is 53.4 Å². The smallest absolute Gasteiger partial charge is 0.262 e. The fourth-order valence-corrected chi connectivity index (χ4v) is 4.39. The maximum absolute atomic E-state index is 12.7. The number of ether oxygens (including phenoxy) is 1. The van der Waals surface area contributed by atoms with Crippen molar-refractivity contribution in [2.75, 3.05) is 45.2 Å². The number of carbonyl (C=O) groups excluding carboxylic acids is 1. The van der Waals surface area contributed by atoms with E-state index in [4.69, 9.17) is 16.3 Å². The third-order valence-electron chi connectivity index (χ3n) is 4.40. The summed E-state index contributed by atoms with van der Waals surface area (Å²) < 4.78 is 32.3. The average Bonchev–Trinajstić information content (AvgIpc) is 2.67. The van der Waals surface area contributed by atoms with Gasteiger partial charge in [0.2, 0.25) is 10.0 Å². The molecule has 0 bridgehead atoms. The number of likely N-dealkylation sites (N-methyl/N-ethyl adjacent to an activating group) is 1. The molecule has 0 atom stereocenters. The van der Waals surface area contributed by atoms with Crippen molar-refractivity contribution in [2.45, 2.75) is 4.90 Å². The van der Waals surface area contributed by atoms with Crippen molar-refractivity contribution in [1.29, 1.82) is 0 Å². The molecule has 1 aliphatic rings. The molecule has 2 aromatic rings. The van der Waals surface area contributed by atoms with Gasteiger partial charge in [-0.1, -0.05) is 17.7 Å². The molecule has 0 aliphatic carbocycles. The minimum absolute atomic E-state index is 0.179. The lowest BCUT2D eigenvalue weighted by Crippen LogP contribution is -2.46. The summed E-state index contributed by atoms with van der Waals surface area (Å²) in [5.74, 6) is 0.144. The van der Waals surface area contributed by atoms with Crippen LogP contribution in [0.3, 0.4) is 0 Å². The summed E-state index contributed by atoms with van der Waals surface area (Å²) in [5, 5.41) is 3.20. The number of carbonyl (C=O) groups is 1. The molecule has 7 nitrogen and oxygen atoms in total. The Bertz CT molecular complexity index is 926. The number of hydrogen-bond acceptors (Lipinski definition) is 5. The molecule has 1 amide bonds. The first-order valence-corrected chi connectivity index (χ1v) is 10.6. The van der Waals surface area contributed by atoms with Crippen molar-refractivity contribution in [2.24, 2.45) is 0 Å². The molecule has 0 radical (unpaired) electrons. The van der Waals surface area contributed by atoms with Crippen LogP contribution in [-0.4, -0.2) is 63.4 Å². The molecule has 1 N–H and O–H groups in total. The van der Waals surface area contributed by atoms with Gasteiger partial charge in [-0.15, -0.1) is 0 Å². The Morgan fingerprint density at radius 1 is 1.11 bits per heavy atom. The number of nitrogens with one attached hydrogen (secondary N) is 1. The van der Waals surface area contributed by atoms with Gasteiger partial charge in [0.1, 0.15) is 5.75 Å². The van der Waals surface area contributed by atoms with E-state index in [9.17, 15) is 13.2 Å². The number of hydrogen-bond donors (Lipinski definition) is 1. The molecule has 9 heteroatoms. The second-order valence-corrected chi connectivity index (χ2v) is 8.90. The zero-order valence-corrected chi connectivity index (χ0v) is 17.0. The summed E-state index contributed by atoms with van der Waals surface area (Å²) in [6, 6.07) is 12.9. The highest BCUT2D eigenvalue weighted by molar-refractivity contribution is 7.89. The SMILES string of the molecule is CN1CCN(S(=O)(=O)c2ccc(NC(=O)COc3cccc(Cl)c3)cc2)CC1. The van der Waals surface area contributed by atoms with E-state index in [-0.39, 0.29) is 17.4 Å². The van der Waals surface area contributed by atoms with E-state index in [1.54, 1.807) is 36.4 Å². The third-order valence-corrected chi connectivity index (χ3v) is 6.55. The number of rotatable bonds is 6. The van der Waals surface area contributed by atoms with E-state index in [0.29, 0.717) is 42.6 Å². The molecular formula is C19H22ClN3O4S. The summed E-state index contributed by atoms with van der Waals surface area (Å²) in [7, 11) is -1.55. The van der Waals surface area contributed by atoms with Gasteiger partial charge in [0.25, 0.3) is 5.91 Å². The standard InChI is InChI=1S/C19H22ClN3O4S/c1-22-9-11-23(12-10-22)28(25,26)18-7-5-16(6-8-18)21-19(24)14-27-17-4-2-3-15(20)13-17/h2-8,13H,9-12,14H2,1H3,(H,21,24). The Morgan fingerprint density at radius 2 is 1.79 bits per heavy atom. The van der Waals surface area contributed by atoms with Gasteiger partial charge in [-0.2, -0.15) is 4.31 Å². The number of sulfonamides is 1. The van der Waals surface area contributed by atoms with E-state index in [1.807, 2.05) is 7.05 Å². The molecule has 0 unspecified atom stereocenters. The van der Waals surface area contributed by atoms with Crippen LogP contribution in [0, 0.1) is 0 Å². The molecular weight excluding hydrogens is 402 g/mol.